The third-order valence-electron chi connectivity index (χ3n) is 1.83. The van der Waals surface area contributed by atoms with Crippen molar-refractivity contribution in [3.8, 4) is 6.07 Å². The summed E-state index contributed by atoms with van der Waals surface area (Å²) in [5.74, 6) is 0. The van der Waals surface area contributed by atoms with Crippen molar-refractivity contribution in [1.82, 2.24) is 4.90 Å². The van der Waals surface area contributed by atoms with Gasteiger partial charge >= 0.3 is 0 Å². The summed E-state index contributed by atoms with van der Waals surface area (Å²) in [7, 11) is 2.03. The van der Waals surface area contributed by atoms with Gasteiger partial charge in [0, 0.05) is 12.6 Å². The highest BCUT2D eigenvalue weighted by molar-refractivity contribution is 4.79. The summed E-state index contributed by atoms with van der Waals surface area (Å²) in [6.45, 7) is 6.70. The van der Waals surface area contributed by atoms with E-state index in [4.69, 9.17) is 5.26 Å². The fourth-order valence-electron chi connectivity index (χ4n) is 0.803. The Morgan fingerprint density at radius 1 is 1.73 bits per heavy atom. The minimum absolute atomic E-state index is 0.361. The molecule has 0 heterocycles. The van der Waals surface area contributed by atoms with E-state index in [1.54, 1.807) is 0 Å². The van der Waals surface area contributed by atoms with Crippen molar-refractivity contribution < 1.29 is 0 Å². The Labute approximate surface area is 69.1 Å². The zero-order valence-corrected chi connectivity index (χ0v) is 7.38. The van der Waals surface area contributed by atoms with E-state index in [0.717, 1.165) is 13.0 Å². The Bertz CT molecular complexity index is 146. The molecule has 0 fully saturated rings. The highest BCUT2D eigenvalue weighted by Crippen LogP contribution is 2.00. The van der Waals surface area contributed by atoms with Gasteiger partial charge in [-0.15, -0.1) is 6.58 Å². The maximum absolute atomic E-state index is 8.41. The molecule has 2 nitrogen and oxygen atoms in total. The third-order valence-corrected chi connectivity index (χ3v) is 1.83. The van der Waals surface area contributed by atoms with Gasteiger partial charge in [-0.25, -0.2) is 0 Å². The first kappa shape index (κ1) is 10.2. The summed E-state index contributed by atoms with van der Waals surface area (Å²) in [6, 6.07) is 2.52. The van der Waals surface area contributed by atoms with Crippen molar-refractivity contribution in [2.24, 2.45) is 0 Å². The molecular formula is C9H16N2. The molecule has 0 aromatic rings. The maximum Gasteiger partial charge on any atom is 0.0638 e. The molecule has 0 amide bonds. The molecule has 0 aromatic heterocycles. The minimum Gasteiger partial charge on any atom is -0.302 e. The zero-order valence-electron chi connectivity index (χ0n) is 7.38. The number of nitrogens with zero attached hydrogens (tertiary/aromatic N) is 2. The van der Waals surface area contributed by atoms with Crippen molar-refractivity contribution in [1.29, 1.82) is 5.26 Å². The van der Waals surface area contributed by atoms with Crippen LogP contribution in [0.25, 0.3) is 0 Å². The Morgan fingerprint density at radius 3 is 2.82 bits per heavy atom. The van der Waals surface area contributed by atoms with Crippen LogP contribution in [0.1, 0.15) is 19.8 Å². The molecule has 0 bridgehead atoms. The van der Waals surface area contributed by atoms with E-state index in [2.05, 4.69) is 24.5 Å². The molecule has 62 valence electrons. The van der Waals surface area contributed by atoms with Crippen molar-refractivity contribution in [2.75, 3.05) is 13.6 Å². The second-order valence-electron chi connectivity index (χ2n) is 2.77. The zero-order chi connectivity index (χ0) is 8.69. The van der Waals surface area contributed by atoms with Crippen LogP contribution in [0.15, 0.2) is 12.7 Å². The van der Waals surface area contributed by atoms with Gasteiger partial charge < -0.3 is 4.90 Å². The van der Waals surface area contributed by atoms with E-state index in [-0.39, 0.29) is 0 Å². The predicted molar refractivity (Wildman–Crippen MR) is 47.1 cm³/mol. The lowest BCUT2D eigenvalue weighted by Crippen LogP contribution is -2.29. The smallest absolute Gasteiger partial charge is 0.0638 e. The molecule has 0 N–H and O–H groups in total. The van der Waals surface area contributed by atoms with Crippen LogP contribution in [0.5, 0.6) is 0 Å². The lowest BCUT2D eigenvalue weighted by atomic mass is 10.2. The van der Waals surface area contributed by atoms with Crippen LogP contribution < -0.4 is 0 Å². The topological polar surface area (TPSA) is 27.0 Å². The SMILES string of the molecule is C=CCCN(C)C(C)CC#N. The highest BCUT2D eigenvalue weighted by atomic mass is 15.1. The van der Waals surface area contributed by atoms with E-state index in [0.29, 0.717) is 12.5 Å². The Hall–Kier alpha value is -0.810. The van der Waals surface area contributed by atoms with E-state index >= 15 is 0 Å². The molecule has 0 spiro atoms. The summed E-state index contributed by atoms with van der Waals surface area (Å²) in [5.41, 5.74) is 0. The molecule has 0 aliphatic carbocycles. The van der Waals surface area contributed by atoms with Gasteiger partial charge in [0.05, 0.1) is 12.5 Å². The van der Waals surface area contributed by atoms with Crippen molar-refractivity contribution in [3.63, 3.8) is 0 Å². The highest BCUT2D eigenvalue weighted by Gasteiger charge is 2.05. The summed E-state index contributed by atoms with van der Waals surface area (Å²) in [4.78, 5) is 2.17. The Morgan fingerprint density at radius 2 is 2.36 bits per heavy atom. The summed E-state index contributed by atoms with van der Waals surface area (Å²) in [6.07, 6.45) is 3.50. The number of hydrogen-bond acceptors (Lipinski definition) is 2. The van der Waals surface area contributed by atoms with Crippen LogP contribution >= 0.6 is 0 Å². The van der Waals surface area contributed by atoms with Gasteiger partial charge in [-0.2, -0.15) is 5.26 Å². The average Bonchev–Trinajstić information content (AvgIpc) is 2.00. The van der Waals surface area contributed by atoms with Crippen LogP contribution in [0, 0.1) is 11.3 Å². The van der Waals surface area contributed by atoms with E-state index < -0.39 is 0 Å². The number of nitriles is 1. The minimum atomic E-state index is 0.361. The quantitative estimate of drug-likeness (QED) is 0.562. The fraction of sp³-hybridized carbons (Fsp3) is 0.667. The lowest BCUT2D eigenvalue weighted by molar-refractivity contribution is 0.265. The van der Waals surface area contributed by atoms with Crippen LogP contribution in [-0.2, 0) is 0 Å². The maximum atomic E-state index is 8.41. The van der Waals surface area contributed by atoms with E-state index in [1.807, 2.05) is 13.1 Å². The van der Waals surface area contributed by atoms with E-state index in [9.17, 15) is 0 Å². The second-order valence-corrected chi connectivity index (χ2v) is 2.77. The second kappa shape index (κ2) is 5.94. The van der Waals surface area contributed by atoms with Gasteiger partial charge in [0.1, 0.15) is 0 Å². The molecular weight excluding hydrogens is 136 g/mol. The average molecular weight is 152 g/mol. The standard InChI is InChI=1S/C9H16N2/c1-4-5-8-11(3)9(2)6-7-10/h4,9H,1,5-6,8H2,2-3H3. The molecule has 11 heavy (non-hydrogen) atoms. The monoisotopic (exact) mass is 152 g/mol. The van der Waals surface area contributed by atoms with Crippen molar-refractivity contribution >= 4 is 0 Å². The van der Waals surface area contributed by atoms with Gasteiger partial charge in [0.15, 0.2) is 0 Å². The molecule has 0 aliphatic heterocycles. The predicted octanol–water partition coefficient (Wildman–Crippen LogP) is 1.80. The van der Waals surface area contributed by atoms with Gasteiger partial charge in [-0.3, -0.25) is 0 Å². The van der Waals surface area contributed by atoms with Gasteiger partial charge in [0.2, 0.25) is 0 Å². The van der Waals surface area contributed by atoms with Crippen molar-refractivity contribution in [2.45, 2.75) is 25.8 Å². The summed E-state index contributed by atoms with van der Waals surface area (Å²) in [5, 5.41) is 8.41. The Kier molecular flexibility index (Phi) is 5.50. The molecule has 2 heteroatoms. The summed E-state index contributed by atoms with van der Waals surface area (Å²) >= 11 is 0. The van der Waals surface area contributed by atoms with Crippen LogP contribution in [0.3, 0.4) is 0 Å². The summed E-state index contributed by atoms with van der Waals surface area (Å²) < 4.78 is 0. The molecule has 0 saturated carbocycles. The van der Waals surface area contributed by atoms with Gasteiger partial charge in [0.25, 0.3) is 0 Å². The largest absolute Gasteiger partial charge is 0.302 e. The molecule has 0 radical (unpaired) electrons. The van der Waals surface area contributed by atoms with Crippen LogP contribution in [0.2, 0.25) is 0 Å². The van der Waals surface area contributed by atoms with Gasteiger partial charge in [-0.1, -0.05) is 6.08 Å². The van der Waals surface area contributed by atoms with Gasteiger partial charge in [-0.05, 0) is 20.4 Å². The number of hydrogen-bond donors (Lipinski definition) is 0. The molecule has 0 saturated heterocycles. The number of rotatable bonds is 5. The fourth-order valence-corrected chi connectivity index (χ4v) is 0.803. The molecule has 1 atom stereocenters. The third kappa shape index (κ3) is 4.58. The first-order valence-corrected chi connectivity index (χ1v) is 3.90. The molecule has 0 aliphatic rings. The normalized spacial score (nSPS) is 12.5. The first-order chi connectivity index (χ1) is 5.22. The van der Waals surface area contributed by atoms with Crippen LogP contribution in [0.4, 0.5) is 0 Å². The molecule has 0 rings (SSSR count). The Balaban J connectivity index is 3.55. The van der Waals surface area contributed by atoms with E-state index in [1.165, 1.54) is 0 Å². The molecule has 1 unspecified atom stereocenters. The lowest BCUT2D eigenvalue weighted by Gasteiger charge is -2.21. The molecule has 0 aromatic carbocycles. The van der Waals surface area contributed by atoms with Crippen LogP contribution in [-0.4, -0.2) is 24.5 Å². The first-order valence-electron chi connectivity index (χ1n) is 3.90. The van der Waals surface area contributed by atoms with Crippen molar-refractivity contribution in [3.05, 3.63) is 12.7 Å².